The highest BCUT2D eigenvalue weighted by atomic mass is 127. The van der Waals surface area contributed by atoms with Gasteiger partial charge in [0.2, 0.25) is 0 Å². The molecule has 0 aromatic heterocycles. The van der Waals surface area contributed by atoms with Crippen LogP contribution < -0.4 is 15.4 Å². The second kappa shape index (κ2) is 12.1. The van der Waals surface area contributed by atoms with Crippen molar-refractivity contribution in [3.8, 4) is 5.75 Å². The topological polar surface area (TPSA) is 83.0 Å². The second-order valence-corrected chi connectivity index (χ2v) is 11.2. The summed E-state index contributed by atoms with van der Waals surface area (Å²) in [7, 11) is 0.215. The number of likely N-dealkylation sites (tertiary alicyclic amines) is 1. The number of sulfone groups is 1. The molecule has 9 heteroatoms. The highest BCUT2D eigenvalue weighted by molar-refractivity contribution is 14.0. The van der Waals surface area contributed by atoms with Crippen molar-refractivity contribution in [2.45, 2.75) is 44.4 Å². The van der Waals surface area contributed by atoms with Crippen LogP contribution in [0.15, 0.2) is 29.3 Å². The molecule has 1 aliphatic rings. The van der Waals surface area contributed by atoms with Crippen molar-refractivity contribution in [2.75, 3.05) is 46.1 Å². The van der Waals surface area contributed by atoms with E-state index >= 15 is 0 Å². The largest absolute Gasteiger partial charge is 0.497 e. The standard InChI is InChI=1S/C21H36N4O3S.HI/c1-21(2,3)29(26,27)14-11-23-20(22-4)24-16-19(25-12-6-7-13-25)17-9-8-10-18(15-17)28-5;/h8-10,15,19H,6-7,11-14,16H2,1-5H3,(H2,22,23,24);1H. The van der Waals surface area contributed by atoms with Crippen LogP contribution in [0, 0.1) is 0 Å². The number of hydrogen-bond donors (Lipinski definition) is 2. The van der Waals surface area contributed by atoms with E-state index in [1.807, 2.05) is 12.1 Å². The van der Waals surface area contributed by atoms with Crippen molar-refractivity contribution in [1.29, 1.82) is 0 Å². The number of nitrogens with one attached hydrogen (secondary N) is 2. The van der Waals surface area contributed by atoms with Crippen molar-refractivity contribution in [3.63, 3.8) is 0 Å². The molecule has 1 heterocycles. The van der Waals surface area contributed by atoms with Gasteiger partial charge in [-0.05, 0) is 64.4 Å². The highest BCUT2D eigenvalue weighted by Crippen LogP contribution is 2.27. The molecule has 0 aliphatic carbocycles. The fourth-order valence-electron chi connectivity index (χ4n) is 3.38. The molecular formula is C21H37IN4O3S. The molecule has 1 aromatic rings. The Hall–Kier alpha value is -1.07. The Morgan fingerprint density at radius 3 is 2.47 bits per heavy atom. The summed E-state index contributed by atoms with van der Waals surface area (Å²) in [6.45, 7) is 8.32. The number of rotatable bonds is 8. The van der Waals surface area contributed by atoms with E-state index in [2.05, 4.69) is 32.7 Å². The third kappa shape index (κ3) is 7.56. The highest BCUT2D eigenvalue weighted by Gasteiger charge is 2.28. The summed E-state index contributed by atoms with van der Waals surface area (Å²) in [4.78, 5) is 6.72. The van der Waals surface area contributed by atoms with Gasteiger partial charge < -0.3 is 15.4 Å². The lowest BCUT2D eigenvalue weighted by Gasteiger charge is -2.29. The lowest BCUT2D eigenvalue weighted by atomic mass is 10.1. The molecule has 1 atom stereocenters. The van der Waals surface area contributed by atoms with Crippen molar-refractivity contribution < 1.29 is 13.2 Å². The second-order valence-electron chi connectivity index (χ2n) is 8.35. The van der Waals surface area contributed by atoms with Gasteiger partial charge in [-0.25, -0.2) is 8.42 Å². The smallest absolute Gasteiger partial charge is 0.191 e. The lowest BCUT2D eigenvalue weighted by Crippen LogP contribution is -2.44. The molecule has 0 saturated carbocycles. The van der Waals surface area contributed by atoms with E-state index in [1.54, 1.807) is 34.9 Å². The summed E-state index contributed by atoms with van der Waals surface area (Å²) in [5.41, 5.74) is 1.20. The number of ether oxygens (including phenoxy) is 1. The van der Waals surface area contributed by atoms with Gasteiger partial charge in [0.05, 0.1) is 23.7 Å². The van der Waals surface area contributed by atoms with Crippen LogP contribution in [0.5, 0.6) is 5.75 Å². The van der Waals surface area contributed by atoms with Crippen LogP contribution in [0.1, 0.15) is 45.2 Å². The van der Waals surface area contributed by atoms with E-state index in [0.717, 1.165) is 18.8 Å². The van der Waals surface area contributed by atoms with E-state index < -0.39 is 14.6 Å². The number of guanidine groups is 1. The minimum atomic E-state index is -3.16. The first kappa shape index (κ1) is 27.0. The number of halogens is 1. The molecule has 2 rings (SSSR count). The molecule has 1 aromatic carbocycles. The molecule has 7 nitrogen and oxygen atoms in total. The number of aliphatic imine (C=N–C) groups is 1. The summed E-state index contributed by atoms with van der Waals surface area (Å²) >= 11 is 0. The predicted molar refractivity (Wildman–Crippen MR) is 135 cm³/mol. The number of benzene rings is 1. The summed E-state index contributed by atoms with van der Waals surface area (Å²) in [5, 5.41) is 6.50. The zero-order valence-electron chi connectivity index (χ0n) is 18.8. The number of methoxy groups -OCH3 is 1. The van der Waals surface area contributed by atoms with Crippen LogP contribution in [0.3, 0.4) is 0 Å². The fraction of sp³-hybridized carbons (Fsp3) is 0.667. The predicted octanol–water partition coefficient (Wildman–Crippen LogP) is 2.83. The van der Waals surface area contributed by atoms with Crippen LogP contribution in [-0.4, -0.2) is 70.1 Å². The van der Waals surface area contributed by atoms with Gasteiger partial charge >= 0.3 is 0 Å². The SMILES string of the molecule is CN=C(NCCS(=O)(=O)C(C)(C)C)NCC(c1cccc(OC)c1)N1CCCC1.I. The zero-order valence-corrected chi connectivity index (χ0v) is 21.9. The molecule has 0 amide bonds. The maximum absolute atomic E-state index is 12.3. The summed E-state index contributed by atoms with van der Waals surface area (Å²) in [6.07, 6.45) is 2.41. The van der Waals surface area contributed by atoms with Gasteiger partial charge in [0.1, 0.15) is 5.75 Å². The first-order valence-electron chi connectivity index (χ1n) is 10.2. The molecule has 0 spiro atoms. The van der Waals surface area contributed by atoms with Crippen LogP contribution in [0.25, 0.3) is 0 Å². The van der Waals surface area contributed by atoms with Crippen molar-refractivity contribution in [2.24, 2.45) is 4.99 Å². The van der Waals surface area contributed by atoms with Crippen molar-refractivity contribution in [1.82, 2.24) is 15.5 Å². The molecular weight excluding hydrogens is 515 g/mol. The summed E-state index contributed by atoms with van der Waals surface area (Å²) in [6, 6.07) is 8.37. The monoisotopic (exact) mass is 552 g/mol. The Kier molecular flexibility index (Phi) is 10.9. The zero-order chi connectivity index (χ0) is 21.5. The summed E-state index contributed by atoms with van der Waals surface area (Å²) < 4.78 is 29.2. The Bertz CT molecular complexity index is 788. The number of nitrogens with zero attached hydrogens (tertiary/aromatic N) is 2. The van der Waals surface area contributed by atoms with Crippen molar-refractivity contribution >= 4 is 39.8 Å². The van der Waals surface area contributed by atoms with E-state index in [1.165, 1.54) is 18.4 Å². The first-order chi connectivity index (χ1) is 13.7. The fourth-order valence-corrected chi connectivity index (χ4v) is 4.37. The van der Waals surface area contributed by atoms with Gasteiger partial charge in [0.15, 0.2) is 15.8 Å². The summed E-state index contributed by atoms with van der Waals surface area (Å²) in [5.74, 6) is 1.53. The average Bonchev–Trinajstić information content (AvgIpc) is 3.20. The van der Waals surface area contributed by atoms with E-state index in [-0.39, 0.29) is 35.8 Å². The minimum absolute atomic E-state index is 0. The Morgan fingerprint density at radius 1 is 1.23 bits per heavy atom. The van der Waals surface area contributed by atoms with Crippen LogP contribution in [0.4, 0.5) is 0 Å². The van der Waals surface area contributed by atoms with Gasteiger partial charge in [0.25, 0.3) is 0 Å². The first-order valence-corrected chi connectivity index (χ1v) is 11.9. The Morgan fingerprint density at radius 2 is 1.90 bits per heavy atom. The maximum Gasteiger partial charge on any atom is 0.191 e. The molecule has 0 bridgehead atoms. The molecule has 30 heavy (non-hydrogen) atoms. The Labute approximate surface area is 199 Å². The lowest BCUT2D eigenvalue weighted by molar-refractivity contribution is 0.245. The normalized spacial score (nSPS) is 16.6. The van der Waals surface area contributed by atoms with E-state index in [9.17, 15) is 8.42 Å². The van der Waals surface area contributed by atoms with Gasteiger partial charge in [-0.3, -0.25) is 9.89 Å². The molecule has 1 unspecified atom stereocenters. The molecule has 172 valence electrons. The van der Waals surface area contributed by atoms with E-state index in [0.29, 0.717) is 19.0 Å². The molecule has 1 aliphatic heterocycles. The van der Waals surface area contributed by atoms with Gasteiger partial charge in [-0.15, -0.1) is 24.0 Å². The Balaban J connectivity index is 0.00000450. The van der Waals surface area contributed by atoms with Gasteiger partial charge in [0, 0.05) is 20.1 Å². The van der Waals surface area contributed by atoms with Gasteiger partial charge in [-0.2, -0.15) is 0 Å². The quantitative estimate of drug-likeness (QED) is 0.293. The van der Waals surface area contributed by atoms with Crippen LogP contribution >= 0.6 is 24.0 Å². The van der Waals surface area contributed by atoms with Crippen LogP contribution in [-0.2, 0) is 9.84 Å². The molecule has 1 fully saturated rings. The minimum Gasteiger partial charge on any atom is -0.497 e. The molecule has 2 N–H and O–H groups in total. The average molecular weight is 553 g/mol. The third-order valence-electron chi connectivity index (χ3n) is 5.34. The molecule has 0 radical (unpaired) electrons. The number of hydrogen-bond acceptors (Lipinski definition) is 5. The van der Waals surface area contributed by atoms with Crippen LogP contribution in [0.2, 0.25) is 0 Å². The van der Waals surface area contributed by atoms with E-state index in [4.69, 9.17) is 4.74 Å². The molecule has 1 saturated heterocycles. The van der Waals surface area contributed by atoms with Gasteiger partial charge in [-0.1, -0.05) is 12.1 Å². The third-order valence-corrected chi connectivity index (χ3v) is 7.95. The maximum atomic E-state index is 12.3. The van der Waals surface area contributed by atoms with Crippen molar-refractivity contribution in [3.05, 3.63) is 29.8 Å².